The molecule has 0 spiro atoms. The van der Waals surface area contributed by atoms with E-state index >= 15 is 0 Å². The van der Waals surface area contributed by atoms with Crippen LogP contribution in [0.1, 0.15) is 5.56 Å². The summed E-state index contributed by atoms with van der Waals surface area (Å²) >= 11 is 2.93. The number of halogens is 10. The van der Waals surface area contributed by atoms with E-state index in [9.17, 15) is 37.5 Å². The second-order valence-electron chi connectivity index (χ2n) is 4.75. The monoisotopic (exact) mass is 444 g/mol. The number of rotatable bonds is 3. The molecule has 134 valence electrons. The van der Waals surface area contributed by atoms with Crippen LogP contribution in [-0.4, -0.2) is 0 Å². The first kappa shape index (κ1) is 19.0. The van der Waals surface area contributed by atoms with Crippen LogP contribution in [0.4, 0.5) is 37.5 Å². The van der Waals surface area contributed by atoms with Gasteiger partial charge < -0.3 is 0 Å². The highest BCUT2D eigenvalue weighted by Crippen LogP contribution is 3.05. The Balaban J connectivity index is 2.94. The lowest BCUT2D eigenvalue weighted by Gasteiger charge is -2.50. The van der Waals surface area contributed by atoms with E-state index in [1.807, 2.05) is 0 Å². The van der Waals surface area contributed by atoms with Crippen molar-refractivity contribution in [3.8, 4) is 0 Å². The van der Waals surface area contributed by atoms with Gasteiger partial charge in [0.05, 0.1) is 4.90 Å². The molecule has 2 aromatic carbocycles. The predicted molar refractivity (Wildman–Crippen MR) is 73.9 cm³/mol. The van der Waals surface area contributed by atoms with Crippen molar-refractivity contribution in [2.24, 2.45) is 0 Å². The van der Waals surface area contributed by atoms with Crippen molar-refractivity contribution in [1.29, 1.82) is 0 Å². The Morgan fingerprint density at radius 3 is 1.42 bits per heavy atom. The Hall–Kier alpha value is -1.36. The van der Waals surface area contributed by atoms with Gasteiger partial charge in [-0.05, 0) is 17.7 Å². The number of hydrogen-bond acceptors (Lipinski definition) is 0. The van der Waals surface area contributed by atoms with Crippen LogP contribution in [0.25, 0.3) is 0 Å². The average Bonchev–Trinajstić information content (AvgIpc) is 2.50. The minimum Gasteiger partial charge on any atom is -0.202 e. The van der Waals surface area contributed by atoms with Crippen molar-refractivity contribution >= 4 is 25.8 Å². The van der Waals surface area contributed by atoms with Crippen LogP contribution in [0, 0.1) is 29.1 Å². The third kappa shape index (κ3) is 2.67. The van der Waals surface area contributed by atoms with Gasteiger partial charge in [-0.3, -0.25) is 0 Å². The highest BCUT2D eigenvalue weighted by atomic mass is 79.9. The summed E-state index contributed by atoms with van der Waals surface area (Å²) < 4.78 is 124. The first-order valence-corrected chi connectivity index (χ1v) is 9.08. The first-order valence-electron chi connectivity index (χ1n) is 5.91. The zero-order chi connectivity index (χ0) is 18.6. The van der Waals surface area contributed by atoms with E-state index in [1.54, 1.807) is 0 Å². The molecule has 0 saturated heterocycles. The molecule has 0 amide bonds. The van der Waals surface area contributed by atoms with Crippen LogP contribution in [-0.2, 0) is 5.33 Å². The zero-order valence-corrected chi connectivity index (χ0v) is 13.6. The summed E-state index contributed by atoms with van der Waals surface area (Å²) in [6.45, 7) is 0. The quantitative estimate of drug-likeness (QED) is 0.205. The molecule has 24 heavy (non-hydrogen) atoms. The van der Waals surface area contributed by atoms with Gasteiger partial charge in [0.1, 0.15) is 0 Å². The third-order valence-corrected chi connectivity index (χ3v) is 6.18. The number of benzene rings is 2. The van der Waals surface area contributed by atoms with Crippen molar-refractivity contribution in [1.82, 2.24) is 0 Å². The van der Waals surface area contributed by atoms with E-state index in [2.05, 4.69) is 15.9 Å². The van der Waals surface area contributed by atoms with E-state index in [4.69, 9.17) is 0 Å². The van der Waals surface area contributed by atoms with Crippen molar-refractivity contribution < 1.29 is 37.5 Å². The van der Waals surface area contributed by atoms with Crippen molar-refractivity contribution in [3.63, 3.8) is 0 Å². The summed E-state index contributed by atoms with van der Waals surface area (Å²) in [6.07, 6.45) is 0. The molecule has 11 heteroatoms. The van der Waals surface area contributed by atoms with Crippen LogP contribution in [0.3, 0.4) is 0 Å². The van der Waals surface area contributed by atoms with Crippen LogP contribution < -0.4 is 0 Å². The molecule has 0 heterocycles. The Morgan fingerprint density at radius 2 is 1.04 bits per heavy atom. The van der Waals surface area contributed by atoms with Gasteiger partial charge in [0.2, 0.25) is 15.7 Å². The molecule has 0 radical (unpaired) electrons. The molecule has 0 aromatic heterocycles. The molecule has 0 aliphatic carbocycles. The Labute approximate surface area is 137 Å². The Bertz CT molecular complexity index is 797. The summed E-state index contributed by atoms with van der Waals surface area (Å²) in [4.78, 5) is -5.55. The van der Waals surface area contributed by atoms with Gasteiger partial charge in [0.25, 0.3) is 0 Å². The van der Waals surface area contributed by atoms with Crippen molar-refractivity contribution in [2.45, 2.75) is 15.1 Å². The van der Waals surface area contributed by atoms with Gasteiger partial charge >= 0.3 is 0 Å². The second-order valence-corrected chi connectivity index (χ2v) is 8.32. The molecule has 2 rings (SSSR count). The third-order valence-electron chi connectivity index (χ3n) is 3.13. The largest absolute Gasteiger partial charge is 0.215 e. The van der Waals surface area contributed by atoms with E-state index in [1.165, 1.54) is 0 Å². The predicted octanol–water partition coefficient (Wildman–Crippen LogP) is 7.11. The number of hydrogen-bond donors (Lipinski definition) is 0. The molecular formula is C13H6BrF9S. The Morgan fingerprint density at radius 1 is 0.667 bits per heavy atom. The fourth-order valence-electron chi connectivity index (χ4n) is 1.92. The fourth-order valence-corrected chi connectivity index (χ4v) is 4.11. The highest BCUT2D eigenvalue weighted by Gasteiger charge is 2.70. The number of alkyl halides is 1. The van der Waals surface area contributed by atoms with Crippen LogP contribution >= 0.6 is 25.8 Å². The topological polar surface area (TPSA) is 0 Å². The Kier molecular flexibility index (Phi) is 4.01. The standard InChI is InChI=1S/C13H6BrF9S/c14-5-6-1-3-7(4-2-6)24(20,21,22,23)13-11(18)9(16)8(15)10(17)12(13)19/h1-4H,5H2. The summed E-state index contributed by atoms with van der Waals surface area (Å²) in [6, 6.07) is 1.95. The minimum atomic E-state index is -10.0. The molecule has 0 bridgehead atoms. The van der Waals surface area contributed by atoms with Gasteiger partial charge in [0, 0.05) is 5.33 Å². The van der Waals surface area contributed by atoms with E-state index in [0.717, 1.165) is 12.1 Å². The maximum absolute atomic E-state index is 14.3. The fraction of sp³-hybridized carbons (Fsp3) is 0.0769. The first-order chi connectivity index (χ1) is 10.7. The minimum absolute atomic E-state index is 0.101. The zero-order valence-electron chi connectivity index (χ0n) is 11.2. The molecule has 0 unspecified atom stereocenters. The van der Waals surface area contributed by atoms with Gasteiger partial charge in [-0.2, -0.15) is 0 Å². The molecule has 0 aliphatic heterocycles. The SMILES string of the molecule is Fc1c(F)c(F)c(S(F)(F)(F)(F)c2ccc(CBr)cc2)c(F)c1F. The van der Waals surface area contributed by atoms with Crippen molar-refractivity contribution in [2.75, 3.05) is 0 Å². The maximum Gasteiger partial charge on any atom is 0.215 e. The molecule has 0 nitrogen and oxygen atoms in total. The lowest BCUT2D eigenvalue weighted by Crippen LogP contribution is -2.21. The lowest BCUT2D eigenvalue weighted by atomic mass is 10.2. The van der Waals surface area contributed by atoms with Gasteiger partial charge in [0.15, 0.2) is 28.2 Å². The van der Waals surface area contributed by atoms with E-state index in [-0.39, 0.29) is 23.0 Å². The average molecular weight is 445 g/mol. The molecule has 0 atom stereocenters. The molecule has 0 saturated carbocycles. The van der Waals surface area contributed by atoms with Crippen LogP contribution in [0.15, 0.2) is 34.1 Å². The van der Waals surface area contributed by atoms with Crippen LogP contribution in [0.5, 0.6) is 0 Å². The molecule has 2 aromatic rings. The summed E-state index contributed by atoms with van der Waals surface area (Å²) in [5.74, 6) is -15.1. The molecule has 0 fully saturated rings. The normalized spacial score (nSPS) is 15.1. The highest BCUT2D eigenvalue weighted by molar-refractivity contribution is 9.08. The van der Waals surface area contributed by atoms with Crippen LogP contribution in [0.2, 0.25) is 0 Å². The summed E-state index contributed by atoms with van der Waals surface area (Å²) in [5.41, 5.74) is 0.268. The maximum atomic E-state index is 14.3. The van der Waals surface area contributed by atoms with Gasteiger partial charge in [-0.1, -0.05) is 28.1 Å². The second kappa shape index (κ2) is 5.07. The van der Waals surface area contributed by atoms with E-state index in [0.29, 0.717) is 0 Å². The summed E-state index contributed by atoms with van der Waals surface area (Å²) in [7, 11) is -10.0. The van der Waals surface area contributed by atoms with Crippen molar-refractivity contribution in [3.05, 3.63) is 58.9 Å². The molecule has 0 N–H and O–H groups in total. The molecule has 0 aliphatic rings. The van der Waals surface area contributed by atoms with Gasteiger partial charge in [-0.15, -0.1) is 15.5 Å². The summed E-state index contributed by atoms with van der Waals surface area (Å²) in [5, 5.41) is 0.101. The van der Waals surface area contributed by atoms with E-state index < -0.39 is 48.7 Å². The smallest absolute Gasteiger partial charge is 0.202 e. The lowest BCUT2D eigenvalue weighted by molar-refractivity contribution is 0.338. The van der Waals surface area contributed by atoms with Gasteiger partial charge in [-0.25, -0.2) is 22.0 Å². The molecular weight excluding hydrogens is 439 g/mol.